The monoisotopic (exact) mass is 465 g/mol. The summed E-state index contributed by atoms with van der Waals surface area (Å²) < 4.78 is 5.96. The summed E-state index contributed by atoms with van der Waals surface area (Å²) >= 11 is 5.93. The number of benzene rings is 2. The number of ether oxygens (including phenoxy) is 1. The molecule has 33 heavy (non-hydrogen) atoms. The highest BCUT2D eigenvalue weighted by molar-refractivity contribution is 6.30. The summed E-state index contributed by atoms with van der Waals surface area (Å²) in [4.78, 5) is 17.1. The van der Waals surface area contributed by atoms with Gasteiger partial charge in [0.05, 0.1) is 0 Å². The van der Waals surface area contributed by atoms with Gasteiger partial charge in [-0.3, -0.25) is 4.79 Å². The molecule has 2 heterocycles. The normalized spacial score (nSPS) is 14.2. The standard InChI is InChI=1S/C25H28ClN5O2/c1-25(2,33-21-10-8-20(26)9-11-21)24(32)31-16-14-30(15-17-31)23-13-12-22(28-29-23)27-18-19-6-4-3-5-7-19/h3-13H,14-18H2,1-2H3,(H,27,28). The molecule has 1 amide bonds. The number of carbonyl (C=O) groups excluding carboxylic acids is 1. The molecule has 0 radical (unpaired) electrons. The Kier molecular flexibility index (Phi) is 6.99. The molecule has 4 rings (SSSR count). The maximum atomic E-state index is 13.1. The molecule has 1 aromatic heterocycles. The van der Waals surface area contributed by atoms with Gasteiger partial charge < -0.3 is 19.9 Å². The van der Waals surface area contributed by atoms with Gasteiger partial charge >= 0.3 is 0 Å². The van der Waals surface area contributed by atoms with Crippen molar-refractivity contribution in [1.82, 2.24) is 15.1 Å². The minimum atomic E-state index is -0.970. The fourth-order valence-corrected chi connectivity index (χ4v) is 3.86. The van der Waals surface area contributed by atoms with E-state index in [-0.39, 0.29) is 5.91 Å². The molecule has 3 aromatic rings. The zero-order valence-electron chi connectivity index (χ0n) is 18.9. The molecule has 7 nitrogen and oxygen atoms in total. The molecule has 0 bridgehead atoms. The first kappa shape index (κ1) is 22.9. The zero-order chi connectivity index (χ0) is 23.3. The number of nitrogens with zero attached hydrogens (tertiary/aromatic N) is 4. The predicted octanol–water partition coefficient (Wildman–Crippen LogP) is 4.25. The first-order valence-corrected chi connectivity index (χ1v) is 11.4. The van der Waals surface area contributed by atoms with E-state index in [0.29, 0.717) is 43.5 Å². The van der Waals surface area contributed by atoms with Crippen LogP contribution in [0.1, 0.15) is 19.4 Å². The summed E-state index contributed by atoms with van der Waals surface area (Å²) in [7, 11) is 0. The molecule has 172 valence electrons. The quantitative estimate of drug-likeness (QED) is 0.562. The van der Waals surface area contributed by atoms with E-state index in [1.54, 1.807) is 38.1 Å². The predicted molar refractivity (Wildman–Crippen MR) is 131 cm³/mol. The van der Waals surface area contributed by atoms with Crippen LogP contribution in [-0.2, 0) is 11.3 Å². The van der Waals surface area contributed by atoms with E-state index in [4.69, 9.17) is 16.3 Å². The van der Waals surface area contributed by atoms with Crippen molar-refractivity contribution in [1.29, 1.82) is 0 Å². The minimum absolute atomic E-state index is 0.0383. The molecule has 1 N–H and O–H groups in total. The molecule has 0 unspecified atom stereocenters. The number of hydrogen-bond donors (Lipinski definition) is 1. The van der Waals surface area contributed by atoms with Gasteiger partial charge in [0.25, 0.3) is 5.91 Å². The molecule has 0 atom stereocenters. The van der Waals surface area contributed by atoms with Crippen LogP contribution in [0.2, 0.25) is 5.02 Å². The Balaban J connectivity index is 1.28. The van der Waals surface area contributed by atoms with Crippen molar-refractivity contribution in [3.8, 4) is 5.75 Å². The number of anilines is 2. The number of rotatable bonds is 7. The Labute approximate surface area is 199 Å². The summed E-state index contributed by atoms with van der Waals surface area (Å²) in [5.74, 6) is 2.12. The molecule has 1 aliphatic rings. The maximum absolute atomic E-state index is 13.1. The van der Waals surface area contributed by atoms with Gasteiger partial charge in [-0.1, -0.05) is 41.9 Å². The highest BCUT2D eigenvalue weighted by Crippen LogP contribution is 2.23. The topological polar surface area (TPSA) is 70.6 Å². The summed E-state index contributed by atoms with van der Waals surface area (Å²) in [6.07, 6.45) is 0. The van der Waals surface area contributed by atoms with Crippen LogP contribution in [0, 0.1) is 0 Å². The van der Waals surface area contributed by atoms with Crippen molar-refractivity contribution >= 4 is 29.1 Å². The van der Waals surface area contributed by atoms with E-state index < -0.39 is 5.60 Å². The second kappa shape index (κ2) is 10.1. The van der Waals surface area contributed by atoms with Gasteiger partial charge in [0.15, 0.2) is 11.4 Å². The van der Waals surface area contributed by atoms with Crippen LogP contribution in [0.4, 0.5) is 11.6 Å². The summed E-state index contributed by atoms with van der Waals surface area (Å²) in [6, 6.07) is 21.1. The van der Waals surface area contributed by atoms with Gasteiger partial charge in [-0.05, 0) is 55.8 Å². The van der Waals surface area contributed by atoms with Crippen molar-refractivity contribution < 1.29 is 9.53 Å². The smallest absolute Gasteiger partial charge is 0.266 e. The average Bonchev–Trinajstić information content (AvgIpc) is 2.85. The van der Waals surface area contributed by atoms with E-state index in [1.807, 2.05) is 35.2 Å². The molecule has 0 spiro atoms. The van der Waals surface area contributed by atoms with Crippen molar-refractivity contribution in [2.75, 3.05) is 36.4 Å². The van der Waals surface area contributed by atoms with E-state index in [0.717, 1.165) is 11.6 Å². The summed E-state index contributed by atoms with van der Waals surface area (Å²) in [5, 5.41) is 12.6. The Morgan fingerprint density at radius 2 is 1.67 bits per heavy atom. The Bertz CT molecular complexity index is 1050. The van der Waals surface area contributed by atoms with Crippen molar-refractivity contribution in [3.05, 3.63) is 77.3 Å². The Morgan fingerprint density at radius 3 is 2.30 bits per heavy atom. The second-order valence-corrected chi connectivity index (χ2v) is 8.90. The first-order chi connectivity index (χ1) is 15.9. The number of aromatic nitrogens is 2. The average molecular weight is 466 g/mol. The fraction of sp³-hybridized carbons (Fsp3) is 0.320. The molecule has 1 saturated heterocycles. The van der Waals surface area contributed by atoms with Crippen LogP contribution in [-0.4, -0.2) is 52.8 Å². The van der Waals surface area contributed by atoms with Gasteiger partial charge in [-0.25, -0.2) is 0 Å². The lowest BCUT2D eigenvalue weighted by atomic mass is 10.1. The summed E-state index contributed by atoms with van der Waals surface area (Å²) in [5.41, 5.74) is 0.217. The second-order valence-electron chi connectivity index (χ2n) is 8.46. The third kappa shape index (κ3) is 5.93. The number of hydrogen-bond acceptors (Lipinski definition) is 6. The van der Waals surface area contributed by atoms with Gasteiger partial charge in [-0.2, -0.15) is 0 Å². The van der Waals surface area contributed by atoms with Gasteiger partial charge in [0.2, 0.25) is 0 Å². The number of halogens is 1. The fourth-order valence-electron chi connectivity index (χ4n) is 3.74. The number of piperazine rings is 1. The third-order valence-corrected chi connectivity index (χ3v) is 5.81. The summed E-state index contributed by atoms with van der Waals surface area (Å²) in [6.45, 7) is 6.86. The number of amides is 1. The van der Waals surface area contributed by atoms with E-state index in [2.05, 4.69) is 32.5 Å². The molecule has 0 aliphatic carbocycles. The maximum Gasteiger partial charge on any atom is 0.266 e. The highest BCUT2D eigenvalue weighted by atomic mass is 35.5. The lowest BCUT2D eigenvalue weighted by molar-refractivity contribution is -0.145. The van der Waals surface area contributed by atoms with Crippen LogP contribution in [0.5, 0.6) is 5.75 Å². The van der Waals surface area contributed by atoms with E-state index >= 15 is 0 Å². The van der Waals surface area contributed by atoms with Crippen molar-refractivity contribution in [2.45, 2.75) is 26.0 Å². The lowest BCUT2D eigenvalue weighted by Gasteiger charge is -2.38. The third-order valence-electron chi connectivity index (χ3n) is 5.56. The molecule has 1 aliphatic heterocycles. The minimum Gasteiger partial charge on any atom is -0.478 e. The molecular formula is C25H28ClN5O2. The van der Waals surface area contributed by atoms with Crippen LogP contribution >= 0.6 is 11.6 Å². The van der Waals surface area contributed by atoms with Crippen LogP contribution in [0.15, 0.2) is 66.7 Å². The molecular weight excluding hydrogens is 438 g/mol. The highest BCUT2D eigenvalue weighted by Gasteiger charge is 2.36. The largest absolute Gasteiger partial charge is 0.478 e. The van der Waals surface area contributed by atoms with E-state index in [9.17, 15) is 4.79 Å². The molecule has 2 aromatic carbocycles. The molecule has 8 heteroatoms. The van der Waals surface area contributed by atoms with Crippen LogP contribution < -0.4 is 15.0 Å². The van der Waals surface area contributed by atoms with Crippen molar-refractivity contribution in [3.63, 3.8) is 0 Å². The Morgan fingerprint density at radius 1 is 0.970 bits per heavy atom. The number of nitrogens with one attached hydrogen (secondary N) is 1. The molecule has 1 fully saturated rings. The molecule has 0 saturated carbocycles. The van der Waals surface area contributed by atoms with Gasteiger partial charge in [0.1, 0.15) is 11.6 Å². The Hall–Kier alpha value is -3.32. The van der Waals surface area contributed by atoms with Crippen LogP contribution in [0.25, 0.3) is 0 Å². The lowest BCUT2D eigenvalue weighted by Crippen LogP contribution is -2.56. The number of carbonyl (C=O) groups is 1. The van der Waals surface area contributed by atoms with Crippen molar-refractivity contribution in [2.24, 2.45) is 0 Å². The van der Waals surface area contributed by atoms with E-state index in [1.165, 1.54) is 5.56 Å². The zero-order valence-corrected chi connectivity index (χ0v) is 19.6. The SMILES string of the molecule is CC(C)(Oc1ccc(Cl)cc1)C(=O)N1CCN(c2ccc(NCc3ccccc3)nn2)CC1. The first-order valence-electron chi connectivity index (χ1n) is 11.0. The van der Waals surface area contributed by atoms with Crippen LogP contribution in [0.3, 0.4) is 0 Å². The van der Waals surface area contributed by atoms with Gasteiger partial charge in [0, 0.05) is 37.7 Å². The van der Waals surface area contributed by atoms with Gasteiger partial charge in [-0.15, -0.1) is 10.2 Å².